The topological polar surface area (TPSA) is 58.6 Å². The number of likely N-dealkylation sites (tertiary alicyclic amines) is 1. The zero-order valence-electron chi connectivity index (χ0n) is 14.1. The summed E-state index contributed by atoms with van der Waals surface area (Å²) in [7, 11) is 1.55. The molecule has 2 fully saturated rings. The van der Waals surface area contributed by atoms with Crippen molar-refractivity contribution in [2.75, 3.05) is 25.5 Å². The van der Waals surface area contributed by atoms with Gasteiger partial charge in [-0.15, -0.1) is 0 Å². The number of methoxy groups -OCH3 is 1. The van der Waals surface area contributed by atoms with Gasteiger partial charge in [0.15, 0.2) is 0 Å². The fourth-order valence-electron chi connectivity index (χ4n) is 3.14. The molecule has 1 saturated heterocycles. The van der Waals surface area contributed by atoms with Crippen LogP contribution in [0.25, 0.3) is 0 Å². The zero-order valence-corrected chi connectivity index (χ0v) is 14.9. The number of piperidine rings is 1. The van der Waals surface area contributed by atoms with E-state index in [0.29, 0.717) is 23.0 Å². The summed E-state index contributed by atoms with van der Waals surface area (Å²) in [4.78, 5) is 26.7. The second kappa shape index (κ2) is 7.01. The summed E-state index contributed by atoms with van der Waals surface area (Å²) in [6, 6.07) is 3.52. The highest BCUT2D eigenvalue weighted by molar-refractivity contribution is 6.31. The summed E-state index contributed by atoms with van der Waals surface area (Å²) in [5.41, 5.74) is 1.50. The molecule has 1 aromatic rings. The van der Waals surface area contributed by atoms with Gasteiger partial charge in [-0.2, -0.15) is 0 Å². The van der Waals surface area contributed by atoms with Gasteiger partial charge in [0.2, 0.25) is 11.8 Å². The van der Waals surface area contributed by atoms with E-state index in [1.54, 1.807) is 13.2 Å². The van der Waals surface area contributed by atoms with Gasteiger partial charge in [0.25, 0.3) is 0 Å². The van der Waals surface area contributed by atoms with Crippen LogP contribution < -0.4 is 10.1 Å². The molecule has 3 rings (SSSR count). The van der Waals surface area contributed by atoms with Crippen LogP contribution in [0.3, 0.4) is 0 Å². The predicted molar refractivity (Wildman–Crippen MR) is 93.4 cm³/mol. The van der Waals surface area contributed by atoms with Gasteiger partial charge in [0.1, 0.15) is 5.75 Å². The zero-order chi connectivity index (χ0) is 17.3. The molecule has 6 heteroatoms. The molecule has 0 aromatic heterocycles. The molecule has 24 heavy (non-hydrogen) atoms. The first-order valence-electron chi connectivity index (χ1n) is 8.43. The molecule has 1 atom stereocenters. The number of halogens is 1. The van der Waals surface area contributed by atoms with Crippen LogP contribution in [0.15, 0.2) is 12.1 Å². The lowest BCUT2D eigenvalue weighted by molar-refractivity contribution is -0.135. The number of hydrogen-bond acceptors (Lipinski definition) is 3. The minimum absolute atomic E-state index is 0.0664. The lowest BCUT2D eigenvalue weighted by Gasteiger charge is -2.32. The number of carbonyl (C=O) groups excluding carboxylic acids is 2. The smallest absolute Gasteiger partial charge is 0.229 e. The van der Waals surface area contributed by atoms with E-state index in [-0.39, 0.29) is 23.7 Å². The van der Waals surface area contributed by atoms with Crippen LogP contribution >= 0.6 is 11.6 Å². The molecule has 1 saturated carbocycles. The van der Waals surface area contributed by atoms with E-state index in [0.717, 1.165) is 37.8 Å². The van der Waals surface area contributed by atoms with Crippen molar-refractivity contribution in [1.82, 2.24) is 4.90 Å². The van der Waals surface area contributed by atoms with E-state index in [2.05, 4.69) is 5.32 Å². The van der Waals surface area contributed by atoms with Crippen LogP contribution in [0.2, 0.25) is 5.02 Å². The average Bonchev–Trinajstić information content (AvgIpc) is 3.42. The minimum atomic E-state index is -0.179. The Morgan fingerprint density at radius 3 is 2.67 bits per heavy atom. The number of nitrogens with zero attached hydrogens (tertiary/aromatic N) is 1. The van der Waals surface area contributed by atoms with Crippen LogP contribution in [-0.2, 0) is 9.59 Å². The number of benzene rings is 1. The number of amides is 2. The fourth-order valence-corrected chi connectivity index (χ4v) is 3.30. The Hall–Kier alpha value is -1.75. The first kappa shape index (κ1) is 17.1. The third-order valence-electron chi connectivity index (χ3n) is 4.77. The van der Waals surface area contributed by atoms with Crippen LogP contribution in [0.4, 0.5) is 5.69 Å². The maximum Gasteiger partial charge on any atom is 0.229 e. The van der Waals surface area contributed by atoms with Crippen LogP contribution in [0.1, 0.15) is 31.2 Å². The van der Waals surface area contributed by atoms with Crippen molar-refractivity contribution in [3.05, 3.63) is 22.7 Å². The molecule has 1 aromatic carbocycles. The quantitative estimate of drug-likeness (QED) is 0.906. The molecule has 0 radical (unpaired) electrons. The molecule has 130 valence electrons. The van der Waals surface area contributed by atoms with Gasteiger partial charge >= 0.3 is 0 Å². The lowest BCUT2D eigenvalue weighted by Crippen LogP contribution is -2.44. The highest BCUT2D eigenvalue weighted by atomic mass is 35.5. The maximum absolute atomic E-state index is 12.6. The van der Waals surface area contributed by atoms with Crippen LogP contribution in [0.5, 0.6) is 5.75 Å². The van der Waals surface area contributed by atoms with Crippen molar-refractivity contribution < 1.29 is 14.3 Å². The third-order valence-corrected chi connectivity index (χ3v) is 5.18. The van der Waals surface area contributed by atoms with Gasteiger partial charge in [0.05, 0.1) is 18.7 Å². The summed E-state index contributed by atoms with van der Waals surface area (Å²) < 4.78 is 5.30. The standard InChI is InChI=1S/C18H23ClN2O3/c1-11-8-15(16(24-2)9-14(11)19)20-17(22)13-4-3-7-21(10-13)18(23)12-5-6-12/h8-9,12-13H,3-7,10H2,1-2H3,(H,20,22)/t13-/m0/s1. The van der Waals surface area contributed by atoms with Crippen molar-refractivity contribution >= 4 is 29.1 Å². The summed E-state index contributed by atoms with van der Waals surface area (Å²) in [5, 5.41) is 3.54. The Bertz CT molecular complexity index is 658. The molecule has 0 unspecified atom stereocenters. The molecule has 0 spiro atoms. The van der Waals surface area contributed by atoms with E-state index < -0.39 is 0 Å². The molecule has 2 amide bonds. The van der Waals surface area contributed by atoms with Gasteiger partial charge < -0.3 is 15.0 Å². The van der Waals surface area contributed by atoms with Crippen LogP contribution in [-0.4, -0.2) is 36.9 Å². The lowest BCUT2D eigenvalue weighted by atomic mass is 9.96. The first-order valence-corrected chi connectivity index (χ1v) is 8.81. The number of nitrogens with one attached hydrogen (secondary N) is 1. The van der Waals surface area contributed by atoms with Crippen molar-refractivity contribution in [3.63, 3.8) is 0 Å². The van der Waals surface area contributed by atoms with Crippen molar-refractivity contribution in [3.8, 4) is 5.75 Å². The highest BCUT2D eigenvalue weighted by Crippen LogP contribution is 2.34. The molecule has 2 aliphatic rings. The van der Waals surface area contributed by atoms with E-state index in [1.807, 2.05) is 17.9 Å². The molecule has 1 aliphatic heterocycles. The second-order valence-corrected chi connectivity index (χ2v) is 7.10. The van der Waals surface area contributed by atoms with E-state index in [1.165, 1.54) is 0 Å². The van der Waals surface area contributed by atoms with E-state index in [9.17, 15) is 9.59 Å². The first-order chi connectivity index (χ1) is 11.5. The van der Waals surface area contributed by atoms with Gasteiger partial charge in [0, 0.05) is 30.1 Å². The Morgan fingerprint density at radius 1 is 1.25 bits per heavy atom. The summed E-state index contributed by atoms with van der Waals surface area (Å²) in [6.45, 7) is 3.16. The number of aryl methyl sites for hydroxylation is 1. The highest BCUT2D eigenvalue weighted by Gasteiger charge is 2.36. The van der Waals surface area contributed by atoms with Gasteiger partial charge in [-0.05, 0) is 44.2 Å². The maximum atomic E-state index is 12.6. The average molecular weight is 351 g/mol. The number of anilines is 1. The third kappa shape index (κ3) is 3.66. The monoisotopic (exact) mass is 350 g/mol. The molecule has 1 aliphatic carbocycles. The Balaban J connectivity index is 1.68. The molecular formula is C18H23ClN2O3. The number of carbonyl (C=O) groups is 2. The largest absolute Gasteiger partial charge is 0.495 e. The van der Waals surface area contributed by atoms with Crippen molar-refractivity contribution in [2.45, 2.75) is 32.6 Å². The Kier molecular flexibility index (Phi) is 4.99. The van der Waals surface area contributed by atoms with Crippen molar-refractivity contribution in [1.29, 1.82) is 0 Å². The van der Waals surface area contributed by atoms with Gasteiger partial charge in [-0.3, -0.25) is 9.59 Å². The van der Waals surface area contributed by atoms with Gasteiger partial charge in [-0.25, -0.2) is 0 Å². The number of ether oxygens (including phenoxy) is 1. The number of rotatable bonds is 4. The number of hydrogen-bond donors (Lipinski definition) is 1. The molecular weight excluding hydrogens is 328 g/mol. The SMILES string of the molecule is COc1cc(Cl)c(C)cc1NC(=O)[C@H]1CCCN(C(=O)C2CC2)C1. The Morgan fingerprint density at radius 2 is 2.00 bits per heavy atom. The van der Waals surface area contributed by atoms with Crippen molar-refractivity contribution in [2.24, 2.45) is 11.8 Å². The fraction of sp³-hybridized carbons (Fsp3) is 0.556. The molecule has 5 nitrogen and oxygen atoms in total. The Labute approximate surface area is 147 Å². The summed E-state index contributed by atoms with van der Waals surface area (Å²) in [6.07, 6.45) is 3.66. The minimum Gasteiger partial charge on any atom is -0.495 e. The molecule has 0 bridgehead atoms. The summed E-state index contributed by atoms with van der Waals surface area (Å²) in [5.74, 6) is 0.712. The molecule has 1 heterocycles. The predicted octanol–water partition coefficient (Wildman–Crippen LogP) is 3.24. The van der Waals surface area contributed by atoms with E-state index >= 15 is 0 Å². The summed E-state index contributed by atoms with van der Waals surface area (Å²) >= 11 is 6.10. The van der Waals surface area contributed by atoms with E-state index in [4.69, 9.17) is 16.3 Å². The van der Waals surface area contributed by atoms with Crippen LogP contribution in [0, 0.1) is 18.8 Å². The molecule has 1 N–H and O–H groups in total. The normalized spacial score (nSPS) is 20.6. The second-order valence-electron chi connectivity index (χ2n) is 6.69. The van der Waals surface area contributed by atoms with Gasteiger partial charge in [-0.1, -0.05) is 11.6 Å².